The Kier molecular flexibility index (Phi) is 4.93. The third-order valence-corrected chi connectivity index (χ3v) is 4.07. The van der Waals surface area contributed by atoms with Gasteiger partial charge in [0.05, 0.1) is 26.2 Å². The second kappa shape index (κ2) is 6.52. The highest BCUT2D eigenvalue weighted by Gasteiger charge is 2.16. The van der Waals surface area contributed by atoms with Gasteiger partial charge in [0, 0.05) is 17.6 Å². The molecule has 0 atom stereocenters. The van der Waals surface area contributed by atoms with E-state index in [1.807, 2.05) is 6.92 Å². The first-order valence-electron chi connectivity index (χ1n) is 6.01. The van der Waals surface area contributed by atoms with E-state index in [9.17, 15) is 10.1 Å². The van der Waals surface area contributed by atoms with Crippen LogP contribution in [0.1, 0.15) is 11.1 Å². The zero-order chi connectivity index (χ0) is 15.6. The van der Waals surface area contributed by atoms with Crippen LogP contribution >= 0.6 is 34.8 Å². The molecule has 0 radical (unpaired) electrons. The van der Waals surface area contributed by atoms with Crippen molar-refractivity contribution >= 4 is 46.2 Å². The monoisotopic (exact) mass is 344 g/mol. The largest absolute Gasteiger partial charge is 0.379 e. The van der Waals surface area contributed by atoms with E-state index in [2.05, 4.69) is 5.32 Å². The Morgan fingerprint density at radius 1 is 1.14 bits per heavy atom. The van der Waals surface area contributed by atoms with Crippen molar-refractivity contribution in [3.8, 4) is 0 Å². The molecule has 0 bridgehead atoms. The number of nitrogens with zero attached hydrogens (tertiary/aromatic N) is 1. The Labute approximate surface area is 136 Å². The van der Waals surface area contributed by atoms with E-state index >= 15 is 0 Å². The molecule has 2 aromatic rings. The Balaban J connectivity index is 2.29. The molecule has 4 nitrogen and oxygen atoms in total. The summed E-state index contributed by atoms with van der Waals surface area (Å²) in [6.45, 7) is 2.02. The maximum absolute atomic E-state index is 11.0. The van der Waals surface area contributed by atoms with Gasteiger partial charge in [0.15, 0.2) is 0 Å². The molecule has 0 saturated heterocycles. The number of hydrogen-bond donors (Lipinski definition) is 1. The molecule has 0 fully saturated rings. The highest BCUT2D eigenvalue weighted by molar-refractivity contribution is 6.35. The van der Waals surface area contributed by atoms with Crippen molar-refractivity contribution in [3.63, 3.8) is 0 Å². The van der Waals surface area contributed by atoms with Gasteiger partial charge in [-0.15, -0.1) is 0 Å². The van der Waals surface area contributed by atoms with Crippen molar-refractivity contribution in [1.82, 2.24) is 0 Å². The minimum Gasteiger partial charge on any atom is -0.379 e. The van der Waals surface area contributed by atoms with Crippen molar-refractivity contribution < 1.29 is 4.92 Å². The summed E-state index contributed by atoms with van der Waals surface area (Å²) in [4.78, 5) is 10.6. The van der Waals surface area contributed by atoms with Crippen LogP contribution in [-0.2, 0) is 6.54 Å². The van der Waals surface area contributed by atoms with E-state index in [0.29, 0.717) is 26.3 Å². The number of hydrogen-bond acceptors (Lipinski definition) is 3. The molecule has 0 unspecified atom stereocenters. The lowest BCUT2D eigenvalue weighted by molar-refractivity contribution is -0.385. The van der Waals surface area contributed by atoms with E-state index in [1.165, 1.54) is 6.07 Å². The molecule has 0 heterocycles. The smallest absolute Gasteiger partial charge is 0.275 e. The summed E-state index contributed by atoms with van der Waals surface area (Å²) >= 11 is 18.2. The number of aryl methyl sites for hydroxylation is 1. The second-order valence-corrected chi connectivity index (χ2v) is 5.65. The molecule has 7 heteroatoms. The molecular weight excluding hydrogens is 335 g/mol. The van der Waals surface area contributed by atoms with E-state index in [1.54, 1.807) is 24.3 Å². The predicted octanol–water partition coefficient (Wildman–Crippen LogP) is 5.48. The lowest BCUT2D eigenvalue weighted by atomic mass is 10.1. The molecule has 2 aromatic carbocycles. The molecule has 1 N–H and O–H groups in total. The van der Waals surface area contributed by atoms with E-state index in [0.717, 1.165) is 5.56 Å². The third-order valence-electron chi connectivity index (χ3n) is 2.99. The van der Waals surface area contributed by atoms with Crippen LogP contribution in [0.5, 0.6) is 0 Å². The summed E-state index contributed by atoms with van der Waals surface area (Å²) < 4.78 is 0. The number of benzene rings is 2. The van der Waals surface area contributed by atoms with Crippen molar-refractivity contribution in [2.45, 2.75) is 13.5 Å². The number of halogens is 3. The predicted molar refractivity (Wildman–Crippen MR) is 86.6 cm³/mol. The quantitative estimate of drug-likeness (QED) is 0.590. The van der Waals surface area contributed by atoms with Gasteiger partial charge in [0.25, 0.3) is 5.69 Å². The van der Waals surface area contributed by atoms with Crippen molar-refractivity contribution in [1.29, 1.82) is 0 Å². The first-order valence-corrected chi connectivity index (χ1v) is 7.15. The van der Waals surface area contributed by atoms with Gasteiger partial charge in [0.2, 0.25) is 0 Å². The highest BCUT2D eigenvalue weighted by atomic mass is 35.5. The van der Waals surface area contributed by atoms with Crippen LogP contribution in [0, 0.1) is 17.0 Å². The van der Waals surface area contributed by atoms with Gasteiger partial charge in [-0.25, -0.2) is 0 Å². The highest BCUT2D eigenvalue weighted by Crippen LogP contribution is 2.31. The van der Waals surface area contributed by atoms with Gasteiger partial charge in [-0.3, -0.25) is 10.1 Å². The summed E-state index contributed by atoms with van der Waals surface area (Å²) in [5.74, 6) is 0. The Bertz CT molecular complexity index is 705. The zero-order valence-corrected chi connectivity index (χ0v) is 13.3. The minimum absolute atomic E-state index is 0.0377. The molecule has 21 heavy (non-hydrogen) atoms. The summed E-state index contributed by atoms with van der Waals surface area (Å²) in [7, 11) is 0. The van der Waals surface area contributed by atoms with Gasteiger partial charge in [-0.05, 0) is 30.7 Å². The van der Waals surface area contributed by atoms with Crippen LogP contribution < -0.4 is 5.32 Å². The molecule has 0 saturated carbocycles. The lowest BCUT2D eigenvalue weighted by Gasteiger charge is -2.11. The van der Waals surface area contributed by atoms with Crippen LogP contribution in [-0.4, -0.2) is 4.92 Å². The average Bonchev–Trinajstić information content (AvgIpc) is 2.42. The van der Waals surface area contributed by atoms with E-state index in [-0.39, 0.29) is 12.2 Å². The number of nitro groups is 1. The zero-order valence-electron chi connectivity index (χ0n) is 11.0. The van der Waals surface area contributed by atoms with E-state index < -0.39 is 4.92 Å². The summed E-state index contributed by atoms with van der Waals surface area (Å²) in [5.41, 5.74) is 1.82. The lowest BCUT2D eigenvalue weighted by Crippen LogP contribution is -2.04. The van der Waals surface area contributed by atoms with E-state index in [4.69, 9.17) is 34.8 Å². The maximum Gasteiger partial charge on any atom is 0.275 e. The summed E-state index contributed by atoms with van der Waals surface area (Å²) in [6.07, 6.45) is 0. The Hall–Kier alpha value is -1.49. The number of nitro benzene ring substituents is 1. The second-order valence-electron chi connectivity index (χ2n) is 4.43. The first-order chi connectivity index (χ1) is 9.90. The molecule has 0 aliphatic carbocycles. The fourth-order valence-corrected chi connectivity index (χ4v) is 2.54. The normalized spacial score (nSPS) is 10.5. The van der Waals surface area contributed by atoms with Crippen molar-refractivity contribution in [3.05, 3.63) is 66.6 Å². The number of nitrogens with one attached hydrogen (secondary N) is 1. The van der Waals surface area contributed by atoms with Crippen LogP contribution in [0.2, 0.25) is 15.1 Å². The summed E-state index contributed by atoms with van der Waals surface area (Å²) in [6, 6.07) is 7.97. The van der Waals surface area contributed by atoms with Crippen molar-refractivity contribution in [2.24, 2.45) is 0 Å². The fraction of sp³-hybridized carbons (Fsp3) is 0.143. The number of rotatable bonds is 4. The van der Waals surface area contributed by atoms with Gasteiger partial charge in [-0.1, -0.05) is 40.9 Å². The molecule has 0 aromatic heterocycles. The number of anilines is 1. The molecule has 0 amide bonds. The standard InChI is InChI=1S/C14H11Cl3N2O2/c1-8-5-12(17)13(6-11(8)16)18-7-9-10(15)3-2-4-14(9)19(20)21/h2-6,18H,7H2,1H3. The third kappa shape index (κ3) is 3.59. The van der Waals surface area contributed by atoms with Crippen molar-refractivity contribution in [2.75, 3.05) is 5.32 Å². The van der Waals surface area contributed by atoms with Gasteiger partial charge >= 0.3 is 0 Å². The molecular formula is C14H11Cl3N2O2. The molecule has 0 aliphatic rings. The van der Waals surface area contributed by atoms with Gasteiger partial charge < -0.3 is 5.32 Å². The van der Waals surface area contributed by atoms with Crippen LogP contribution in [0.15, 0.2) is 30.3 Å². The molecule has 110 valence electrons. The molecule has 0 aliphatic heterocycles. The Morgan fingerprint density at radius 3 is 2.52 bits per heavy atom. The van der Waals surface area contributed by atoms with Crippen LogP contribution in [0.3, 0.4) is 0 Å². The Morgan fingerprint density at radius 2 is 1.86 bits per heavy atom. The van der Waals surface area contributed by atoms with Crippen LogP contribution in [0.4, 0.5) is 11.4 Å². The SMILES string of the molecule is Cc1cc(Cl)c(NCc2c(Cl)cccc2[N+](=O)[O-])cc1Cl. The fourth-order valence-electron chi connectivity index (χ4n) is 1.86. The average molecular weight is 346 g/mol. The maximum atomic E-state index is 11.0. The first kappa shape index (κ1) is 15.9. The topological polar surface area (TPSA) is 55.2 Å². The van der Waals surface area contributed by atoms with Gasteiger partial charge in [-0.2, -0.15) is 0 Å². The van der Waals surface area contributed by atoms with Crippen LogP contribution in [0.25, 0.3) is 0 Å². The minimum atomic E-state index is -0.466. The molecule has 2 rings (SSSR count). The summed E-state index contributed by atoms with van der Waals surface area (Å²) in [5, 5.41) is 15.4. The molecule has 0 spiro atoms. The van der Waals surface area contributed by atoms with Gasteiger partial charge in [0.1, 0.15) is 0 Å².